The van der Waals surface area contributed by atoms with Crippen molar-refractivity contribution >= 4 is 11.8 Å². The van der Waals surface area contributed by atoms with Gasteiger partial charge >= 0.3 is 5.69 Å². The van der Waals surface area contributed by atoms with E-state index in [4.69, 9.17) is 0 Å². The third-order valence-corrected chi connectivity index (χ3v) is 3.73. The normalized spacial score (nSPS) is 10.8. The first-order valence-corrected chi connectivity index (χ1v) is 6.98. The quantitative estimate of drug-likeness (QED) is 0.776. The number of rotatable bonds is 6. The van der Waals surface area contributed by atoms with Gasteiger partial charge in [-0.15, -0.1) is 5.10 Å². The highest BCUT2D eigenvalue weighted by molar-refractivity contribution is 7.99. The molecule has 0 bridgehead atoms. The molecule has 7 heteroatoms. The van der Waals surface area contributed by atoms with Crippen LogP contribution in [0.1, 0.15) is 18.9 Å². The highest BCUT2D eigenvalue weighted by atomic mass is 32.2. The molecule has 0 atom stereocenters. The van der Waals surface area contributed by atoms with Crippen LogP contribution >= 0.6 is 11.8 Å². The van der Waals surface area contributed by atoms with Crippen molar-refractivity contribution in [3.8, 4) is 0 Å². The number of aromatic nitrogens is 4. The molecule has 19 heavy (non-hydrogen) atoms. The number of hydrogen-bond acceptors (Lipinski definition) is 5. The molecule has 0 saturated heterocycles. The molecule has 0 amide bonds. The van der Waals surface area contributed by atoms with Gasteiger partial charge in [-0.25, -0.2) is 14.9 Å². The Morgan fingerprint density at radius 3 is 3.05 bits per heavy atom. The average molecular weight is 279 g/mol. The van der Waals surface area contributed by atoms with Gasteiger partial charge in [0.15, 0.2) is 5.16 Å². The van der Waals surface area contributed by atoms with Crippen molar-refractivity contribution in [2.75, 3.05) is 6.54 Å². The zero-order chi connectivity index (χ0) is 13.7. The molecule has 2 aromatic rings. The maximum absolute atomic E-state index is 11.3. The van der Waals surface area contributed by atoms with Crippen LogP contribution in [0, 0.1) is 0 Å². The van der Waals surface area contributed by atoms with Crippen LogP contribution in [0.2, 0.25) is 0 Å². The topological polar surface area (TPSA) is 75.6 Å². The molecule has 2 heterocycles. The number of nitrogens with one attached hydrogen (secondary N) is 2. The number of hydrogen-bond donors (Lipinski definition) is 2. The second-order valence-corrected chi connectivity index (χ2v) is 5.07. The fourth-order valence-corrected chi connectivity index (χ4v) is 2.43. The van der Waals surface area contributed by atoms with Gasteiger partial charge in [0.05, 0.1) is 0 Å². The molecular formula is C12H17N5OS. The van der Waals surface area contributed by atoms with E-state index in [9.17, 15) is 4.79 Å². The Hall–Kier alpha value is -1.60. The largest absolute Gasteiger partial charge is 0.343 e. The Kier molecular flexibility index (Phi) is 4.75. The molecule has 0 radical (unpaired) electrons. The molecule has 2 aromatic heterocycles. The van der Waals surface area contributed by atoms with Gasteiger partial charge in [-0.2, -0.15) is 0 Å². The molecule has 2 N–H and O–H groups in total. The van der Waals surface area contributed by atoms with E-state index in [2.05, 4.69) is 27.4 Å². The van der Waals surface area contributed by atoms with Crippen LogP contribution in [0.25, 0.3) is 0 Å². The molecule has 0 aliphatic heterocycles. The van der Waals surface area contributed by atoms with E-state index < -0.39 is 0 Å². The summed E-state index contributed by atoms with van der Waals surface area (Å²) in [5.74, 6) is 0. The van der Waals surface area contributed by atoms with Crippen molar-refractivity contribution in [1.29, 1.82) is 0 Å². The van der Waals surface area contributed by atoms with E-state index in [1.165, 1.54) is 16.3 Å². The predicted molar refractivity (Wildman–Crippen MR) is 74.2 cm³/mol. The second kappa shape index (κ2) is 6.53. The molecule has 0 aliphatic carbocycles. The molecule has 2 rings (SSSR count). The van der Waals surface area contributed by atoms with E-state index in [-0.39, 0.29) is 5.69 Å². The van der Waals surface area contributed by atoms with Crippen LogP contribution in [0.3, 0.4) is 0 Å². The van der Waals surface area contributed by atoms with Gasteiger partial charge in [-0.05, 0) is 36.4 Å². The van der Waals surface area contributed by atoms with Gasteiger partial charge < -0.3 is 5.32 Å². The molecule has 0 spiro atoms. The van der Waals surface area contributed by atoms with Crippen molar-refractivity contribution in [2.45, 2.75) is 30.1 Å². The minimum Gasteiger partial charge on any atom is -0.313 e. The first-order chi connectivity index (χ1) is 9.22. The lowest BCUT2D eigenvalue weighted by molar-refractivity contribution is 0.664. The van der Waals surface area contributed by atoms with Gasteiger partial charge in [0, 0.05) is 19.8 Å². The lowest BCUT2D eigenvalue weighted by atomic mass is 10.3. The average Bonchev–Trinajstić information content (AvgIpc) is 2.73. The van der Waals surface area contributed by atoms with Crippen molar-refractivity contribution in [3.63, 3.8) is 0 Å². The number of nitrogens with zero attached hydrogens (tertiary/aromatic N) is 3. The van der Waals surface area contributed by atoms with Crippen molar-refractivity contribution in [3.05, 3.63) is 34.4 Å². The van der Waals surface area contributed by atoms with Crippen LogP contribution < -0.4 is 11.0 Å². The van der Waals surface area contributed by atoms with Gasteiger partial charge in [0.25, 0.3) is 0 Å². The van der Waals surface area contributed by atoms with Crippen molar-refractivity contribution in [1.82, 2.24) is 25.1 Å². The highest BCUT2D eigenvalue weighted by Gasteiger charge is 2.10. The Bertz CT molecular complexity index is 592. The lowest BCUT2D eigenvalue weighted by Gasteiger charge is -2.08. The SMILES string of the molecule is CCCNCc1cccnc1Sc1n[nH]c(=O)n1C. The maximum atomic E-state index is 11.3. The number of aromatic amines is 1. The minimum atomic E-state index is -0.218. The smallest absolute Gasteiger partial charge is 0.313 e. The number of H-pyrrole nitrogens is 1. The third-order valence-electron chi connectivity index (χ3n) is 2.62. The Balaban J connectivity index is 2.15. The number of pyridine rings is 1. The maximum Gasteiger partial charge on any atom is 0.343 e. The molecule has 0 unspecified atom stereocenters. The molecule has 0 saturated carbocycles. The summed E-state index contributed by atoms with van der Waals surface area (Å²) in [6.07, 6.45) is 2.84. The molecule has 0 aromatic carbocycles. The molecule has 0 fully saturated rings. The van der Waals surface area contributed by atoms with Crippen molar-refractivity contribution in [2.24, 2.45) is 7.05 Å². The summed E-state index contributed by atoms with van der Waals surface area (Å²) in [4.78, 5) is 15.7. The summed E-state index contributed by atoms with van der Waals surface area (Å²) < 4.78 is 1.47. The van der Waals surface area contributed by atoms with Crippen LogP contribution in [-0.4, -0.2) is 26.3 Å². The van der Waals surface area contributed by atoms with Crippen LogP contribution in [0.4, 0.5) is 0 Å². The van der Waals surface area contributed by atoms with Crippen LogP contribution in [-0.2, 0) is 13.6 Å². The second-order valence-electron chi connectivity index (χ2n) is 4.12. The van der Waals surface area contributed by atoms with Gasteiger partial charge in [-0.3, -0.25) is 4.57 Å². The van der Waals surface area contributed by atoms with Gasteiger partial charge in [0.1, 0.15) is 5.03 Å². The third kappa shape index (κ3) is 3.45. The standard InChI is InChI=1S/C12H17N5OS/c1-3-6-13-8-9-5-4-7-14-10(9)19-12-16-15-11(18)17(12)2/h4-5,7,13H,3,6,8H2,1-2H3,(H,15,18). The van der Waals surface area contributed by atoms with Crippen molar-refractivity contribution < 1.29 is 0 Å². The zero-order valence-electron chi connectivity index (χ0n) is 11.0. The molecule has 0 aliphatic rings. The summed E-state index contributed by atoms with van der Waals surface area (Å²) in [6, 6.07) is 3.94. The highest BCUT2D eigenvalue weighted by Crippen LogP contribution is 2.25. The fraction of sp³-hybridized carbons (Fsp3) is 0.417. The monoisotopic (exact) mass is 279 g/mol. The Morgan fingerprint density at radius 2 is 2.37 bits per heavy atom. The van der Waals surface area contributed by atoms with Crippen LogP contribution in [0.5, 0.6) is 0 Å². The van der Waals surface area contributed by atoms with Gasteiger partial charge in [0.2, 0.25) is 0 Å². The summed E-state index contributed by atoms with van der Waals surface area (Å²) in [6.45, 7) is 3.87. The first kappa shape index (κ1) is 13.8. The minimum absolute atomic E-state index is 0.218. The fourth-order valence-electron chi connectivity index (χ4n) is 1.56. The van der Waals surface area contributed by atoms with E-state index >= 15 is 0 Å². The van der Waals surface area contributed by atoms with E-state index in [1.807, 2.05) is 12.1 Å². The van der Waals surface area contributed by atoms with Crippen LogP contribution in [0.15, 0.2) is 33.3 Å². The molecule has 102 valence electrons. The molecular weight excluding hydrogens is 262 g/mol. The Labute approximate surface area is 115 Å². The molecule has 6 nitrogen and oxygen atoms in total. The van der Waals surface area contributed by atoms with Gasteiger partial charge in [-0.1, -0.05) is 13.0 Å². The summed E-state index contributed by atoms with van der Waals surface area (Å²) >= 11 is 1.39. The first-order valence-electron chi connectivity index (χ1n) is 6.16. The summed E-state index contributed by atoms with van der Waals surface area (Å²) in [5, 5.41) is 11.2. The lowest BCUT2D eigenvalue weighted by Crippen LogP contribution is -2.15. The zero-order valence-corrected chi connectivity index (χ0v) is 11.8. The predicted octanol–water partition coefficient (Wildman–Crippen LogP) is 1.15. The summed E-state index contributed by atoms with van der Waals surface area (Å²) in [5.41, 5.74) is 0.889. The Morgan fingerprint density at radius 1 is 1.53 bits per heavy atom. The van der Waals surface area contributed by atoms with E-state index in [0.717, 1.165) is 30.1 Å². The van der Waals surface area contributed by atoms with E-state index in [0.29, 0.717) is 5.16 Å². The van der Waals surface area contributed by atoms with E-state index in [1.54, 1.807) is 13.2 Å². The summed E-state index contributed by atoms with van der Waals surface area (Å²) in [7, 11) is 1.69.